The van der Waals surface area contributed by atoms with Crippen molar-refractivity contribution in [2.75, 3.05) is 18.0 Å². The van der Waals surface area contributed by atoms with Crippen molar-refractivity contribution in [3.05, 3.63) is 54.4 Å². The zero-order valence-corrected chi connectivity index (χ0v) is 16.9. The number of aromatic nitrogens is 2. The van der Waals surface area contributed by atoms with Crippen molar-refractivity contribution in [3.8, 4) is 0 Å². The standard InChI is InChI=1S/C21H23F2N3O2S/c1-2-20-24-16-7-3-4-8-17(16)26(20)15-11-13-25(14-12-15)18-9-5-6-10-19(18)29(27,28)21(22)23/h3-10,15,21H,2,11-14H2,1H3. The van der Waals surface area contributed by atoms with Crippen LogP contribution in [-0.2, 0) is 16.3 Å². The number of aryl methyl sites for hydroxylation is 1. The van der Waals surface area contributed by atoms with E-state index >= 15 is 0 Å². The van der Waals surface area contributed by atoms with Crippen LogP contribution in [0.1, 0.15) is 31.6 Å². The third-order valence-corrected chi connectivity index (χ3v) is 6.99. The number of para-hydroxylation sites is 3. The van der Waals surface area contributed by atoms with Crippen LogP contribution in [0.15, 0.2) is 53.4 Å². The number of anilines is 1. The first kappa shape index (κ1) is 19.8. The lowest BCUT2D eigenvalue weighted by Crippen LogP contribution is -2.36. The lowest BCUT2D eigenvalue weighted by atomic mass is 10.0. The van der Waals surface area contributed by atoms with Crippen LogP contribution in [0, 0.1) is 0 Å². The molecule has 1 aromatic heterocycles. The second-order valence-electron chi connectivity index (χ2n) is 7.23. The maximum absolute atomic E-state index is 13.1. The van der Waals surface area contributed by atoms with Gasteiger partial charge in [-0.2, -0.15) is 8.78 Å². The number of hydrogen-bond donors (Lipinski definition) is 0. The van der Waals surface area contributed by atoms with Crippen LogP contribution in [0.4, 0.5) is 14.5 Å². The van der Waals surface area contributed by atoms with Gasteiger partial charge in [-0.3, -0.25) is 0 Å². The smallest absolute Gasteiger partial charge is 0.341 e. The topological polar surface area (TPSA) is 55.2 Å². The first-order valence-electron chi connectivity index (χ1n) is 9.75. The third kappa shape index (κ3) is 3.50. The molecule has 1 aliphatic heterocycles. The second-order valence-corrected chi connectivity index (χ2v) is 9.12. The molecule has 29 heavy (non-hydrogen) atoms. The SMILES string of the molecule is CCc1nc2ccccc2n1C1CCN(c2ccccc2S(=O)(=O)C(F)F)CC1. The lowest BCUT2D eigenvalue weighted by molar-refractivity contribution is 0.234. The van der Waals surface area contributed by atoms with E-state index < -0.39 is 15.6 Å². The van der Waals surface area contributed by atoms with Crippen molar-refractivity contribution in [1.82, 2.24) is 9.55 Å². The fraction of sp³-hybridized carbons (Fsp3) is 0.381. The summed E-state index contributed by atoms with van der Waals surface area (Å²) < 4.78 is 52.7. The summed E-state index contributed by atoms with van der Waals surface area (Å²) in [5, 5.41) is 0. The molecule has 1 aliphatic rings. The molecule has 1 saturated heterocycles. The van der Waals surface area contributed by atoms with E-state index in [2.05, 4.69) is 17.6 Å². The number of nitrogens with zero attached hydrogens (tertiary/aromatic N) is 3. The third-order valence-electron chi connectivity index (χ3n) is 5.56. The van der Waals surface area contributed by atoms with E-state index in [9.17, 15) is 17.2 Å². The summed E-state index contributed by atoms with van der Waals surface area (Å²) in [6.45, 7) is 3.27. The van der Waals surface area contributed by atoms with Crippen LogP contribution >= 0.6 is 0 Å². The fourth-order valence-electron chi connectivity index (χ4n) is 4.17. The van der Waals surface area contributed by atoms with Crippen LogP contribution in [0.3, 0.4) is 0 Å². The van der Waals surface area contributed by atoms with E-state index in [1.165, 1.54) is 12.1 Å². The molecular weight excluding hydrogens is 396 g/mol. The number of fused-ring (bicyclic) bond motifs is 1. The van der Waals surface area contributed by atoms with E-state index in [0.717, 1.165) is 36.1 Å². The van der Waals surface area contributed by atoms with E-state index in [0.29, 0.717) is 18.8 Å². The maximum Gasteiger partial charge on any atom is 0.341 e. The number of halogens is 2. The number of hydrogen-bond acceptors (Lipinski definition) is 4. The van der Waals surface area contributed by atoms with Gasteiger partial charge in [-0.05, 0) is 37.1 Å². The average molecular weight is 419 g/mol. The molecule has 154 valence electrons. The highest BCUT2D eigenvalue weighted by Crippen LogP contribution is 2.34. The predicted molar refractivity (Wildman–Crippen MR) is 109 cm³/mol. The molecule has 0 atom stereocenters. The Morgan fingerprint density at radius 1 is 1.07 bits per heavy atom. The molecule has 0 aliphatic carbocycles. The molecule has 1 fully saturated rings. The molecule has 3 aromatic rings. The van der Waals surface area contributed by atoms with Gasteiger partial charge in [0.1, 0.15) is 5.82 Å². The van der Waals surface area contributed by atoms with Gasteiger partial charge in [0, 0.05) is 25.6 Å². The number of benzene rings is 2. The zero-order valence-electron chi connectivity index (χ0n) is 16.1. The minimum atomic E-state index is -4.64. The molecule has 2 aromatic carbocycles. The first-order valence-corrected chi connectivity index (χ1v) is 11.3. The molecule has 0 bridgehead atoms. The monoisotopic (exact) mass is 419 g/mol. The van der Waals surface area contributed by atoms with Gasteiger partial charge >= 0.3 is 5.76 Å². The molecule has 0 saturated carbocycles. The van der Waals surface area contributed by atoms with Crippen molar-refractivity contribution in [2.45, 2.75) is 42.9 Å². The van der Waals surface area contributed by atoms with E-state index in [-0.39, 0.29) is 10.9 Å². The van der Waals surface area contributed by atoms with Crippen LogP contribution in [-0.4, -0.2) is 36.8 Å². The van der Waals surface area contributed by atoms with Gasteiger partial charge < -0.3 is 9.47 Å². The Hall–Kier alpha value is -2.48. The van der Waals surface area contributed by atoms with Gasteiger partial charge in [-0.1, -0.05) is 31.2 Å². The molecule has 5 nitrogen and oxygen atoms in total. The quantitative estimate of drug-likeness (QED) is 0.614. The van der Waals surface area contributed by atoms with Crippen LogP contribution in [0.25, 0.3) is 11.0 Å². The van der Waals surface area contributed by atoms with Crippen LogP contribution < -0.4 is 4.90 Å². The van der Waals surface area contributed by atoms with Gasteiger partial charge in [0.2, 0.25) is 9.84 Å². The normalized spacial score (nSPS) is 16.1. The highest BCUT2D eigenvalue weighted by Gasteiger charge is 2.32. The molecule has 8 heteroatoms. The first-order chi connectivity index (χ1) is 13.9. The molecule has 0 unspecified atom stereocenters. The van der Waals surface area contributed by atoms with Gasteiger partial charge in [0.15, 0.2) is 0 Å². The minimum absolute atomic E-state index is 0.243. The minimum Gasteiger partial charge on any atom is -0.370 e. The Bertz CT molecular complexity index is 1120. The second kappa shape index (κ2) is 7.74. The van der Waals surface area contributed by atoms with E-state index in [4.69, 9.17) is 4.98 Å². The molecule has 0 spiro atoms. The predicted octanol–water partition coefficient (Wildman–Crippen LogP) is 4.44. The van der Waals surface area contributed by atoms with Crippen LogP contribution in [0.2, 0.25) is 0 Å². The number of alkyl halides is 2. The Labute approximate surface area is 168 Å². The van der Waals surface area contributed by atoms with Gasteiger partial charge in [-0.25, -0.2) is 13.4 Å². The largest absolute Gasteiger partial charge is 0.370 e. The van der Waals surface area contributed by atoms with Gasteiger partial charge in [0.05, 0.1) is 21.6 Å². The number of rotatable bonds is 5. The van der Waals surface area contributed by atoms with Crippen molar-refractivity contribution in [3.63, 3.8) is 0 Å². The summed E-state index contributed by atoms with van der Waals surface area (Å²) in [5.41, 5.74) is 2.43. The Balaban J connectivity index is 1.61. The number of imidazole rings is 1. The summed E-state index contributed by atoms with van der Waals surface area (Å²) >= 11 is 0. The Morgan fingerprint density at radius 3 is 2.41 bits per heavy atom. The zero-order chi connectivity index (χ0) is 20.6. The van der Waals surface area contributed by atoms with Crippen molar-refractivity contribution in [2.24, 2.45) is 0 Å². The summed E-state index contributed by atoms with van der Waals surface area (Å²) in [4.78, 5) is 6.34. The van der Waals surface area contributed by atoms with Crippen molar-refractivity contribution in [1.29, 1.82) is 0 Å². The molecular formula is C21H23F2N3O2S. The summed E-state index contributed by atoms with van der Waals surface area (Å²) in [6.07, 6.45) is 2.40. The number of piperidine rings is 1. The summed E-state index contributed by atoms with van der Waals surface area (Å²) in [5.74, 6) is -2.39. The van der Waals surface area contributed by atoms with E-state index in [1.54, 1.807) is 12.1 Å². The Morgan fingerprint density at radius 2 is 1.72 bits per heavy atom. The molecule has 2 heterocycles. The molecule has 0 radical (unpaired) electrons. The van der Waals surface area contributed by atoms with Gasteiger partial charge in [0.25, 0.3) is 0 Å². The van der Waals surface area contributed by atoms with E-state index in [1.807, 2.05) is 23.1 Å². The summed E-state index contributed by atoms with van der Waals surface area (Å²) in [7, 11) is -4.64. The van der Waals surface area contributed by atoms with Gasteiger partial charge in [-0.15, -0.1) is 0 Å². The average Bonchev–Trinajstić information content (AvgIpc) is 3.12. The number of sulfone groups is 1. The molecule has 0 N–H and O–H groups in total. The van der Waals surface area contributed by atoms with Crippen LogP contribution in [0.5, 0.6) is 0 Å². The summed E-state index contributed by atoms with van der Waals surface area (Å²) in [6, 6.07) is 14.3. The fourth-order valence-corrected chi connectivity index (χ4v) is 5.12. The highest BCUT2D eigenvalue weighted by molar-refractivity contribution is 7.91. The van der Waals surface area contributed by atoms with Crippen molar-refractivity contribution >= 4 is 26.6 Å². The maximum atomic E-state index is 13.1. The molecule has 0 amide bonds. The Kier molecular flexibility index (Phi) is 5.29. The highest BCUT2D eigenvalue weighted by atomic mass is 32.2. The lowest BCUT2D eigenvalue weighted by Gasteiger charge is -2.35. The van der Waals surface area contributed by atoms with Crippen molar-refractivity contribution < 1.29 is 17.2 Å². The molecule has 4 rings (SSSR count).